The van der Waals surface area contributed by atoms with Gasteiger partial charge in [-0.05, 0) is 36.4 Å². The van der Waals surface area contributed by atoms with Crippen LogP contribution < -0.4 is 11.1 Å². The first kappa shape index (κ1) is 13.4. The standard InChI is InChI=1S/C14H13BrN2O2/c1-19-14(18)11-3-2-4-12(16)13(11)17-10-7-5-9(15)6-8-10/h2-8,17H,16H2,1H3. The molecular weight excluding hydrogens is 308 g/mol. The maximum Gasteiger partial charge on any atom is 0.340 e. The van der Waals surface area contributed by atoms with Crippen LogP contribution in [0.3, 0.4) is 0 Å². The molecule has 0 unspecified atom stereocenters. The van der Waals surface area contributed by atoms with Gasteiger partial charge >= 0.3 is 5.97 Å². The van der Waals surface area contributed by atoms with E-state index in [1.807, 2.05) is 24.3 Å². The zero-order valence-electron chi connectivity index (χ0n) is 10.3. The summed E-state index contributed by atoms with van der Waals surface area (Å²) in [5.41, 5.74) is 8.20. The number of carbonyl (C=O) groups is 1. The lowest BCUT2D eigenvalue weighted by Crippen LogP contribution is -2.07. The average Bonchev–Trinajstić information content (AvgIpc) is 2.42. The van der Waals surface area contributed by atoms with E-state index in [-0.39, 0.29) is 0 Å². The zero-order chi connectivity index (χ0) is 13.8. The van der Waals surface area contributed by atoms with Crippen LogP contribution in [0.5, 0.6) is 0 Å². The summed E-state index contributed by atoms with van der Waals surface area (Å²) in [6.45, 7) is 0. The number of nitrogens with two attached hydrogens (primary N) is 1. The summed E-state index contributed by atoms with van der Waals surface area (Å²) in [6.07, 6.45) is 0. The predicted octanol–water partition coefficient (Wildman–Crippen LogP) is 3.56. The monoisotopic (exact) mass is 320 g/mol. The highest BCUT2D eigenvalue weighted by Crippen LogP contribution is 2.28. The smallest absolute Gasteiger partial charge is 0.340 e. The summed E-state index contributed by atoms with van der Waals surface area (Å²) in [6, 6.07) is 12.7. The van der Waals surface area contributed by atoms with Gasteiger partial charge in [0.15, 0.2) is 0 Å². The quantitative estimate of drug-likeness (QED) is 0.670. The second-order valence-electron chi connectivity index (χ2n) is 3.89. The van der Waals surface area contributed by atoms with Crippen LogP contribution in [0, 0.1) is 0 Å². The molecule has 0 fully saturated rings. The molecule has 0 spiro atoms. The third-order valence-electron chi connectivity index (χ3n) is 2.62. The molecule has 2 rings (SSSR count). The van der Waals surface area contributed by atoms with Crippen LogP contribution in [0.25, 0.3) is 0 Å². The molecule has 0 aliphatic heterocycles. The van der Waals surface area contributed by atoms with Gasteiger partial charge in [0.1, 0.15) is 0 Å². The van der Waals surface area contributed by atoms with Crippen LogP contribution in [0.1, 0.15) is 10.4 Å². The Morgan fingerprint density at radius 1 is 1.21 bits per heavy atom. The molecule has 0 aromatic heterocycles. The Kier molecular flexibility index (Phi) is 4.06. The number of ether oxygens (including phenoxy) is 1. The normalized spacial score (nSPS) is 10.0. The first-order valence-electron chi connectivity index (χ1n) is 5.61. The van der Waals surface area contributed by atoms with Crippen LogP contribution in [0.4, 0.5) is 17.1 Å². The first-order chi connectivity index (χ1) is 9.11. The molecule has 19 heavy (non-hydrogen) atoms. The Morgan fingerprint density at radius 2 is 1.89 bits per heavy atom. The summed E-state index contributed by atoms with van der Waals surface area (Å²) in [7, 11) is 1.34. The number of benzene rings is 2. The van der Waals surface area contributed by atoms with Crippen molar-refractivity contribution in [2.75, 3.05) is 18.2 Å². The number of esters is 1. The molecule has 3 N–H and O–H groups in total. The molecule has 0 radical (unpaired) electrons. The zero-order valence-corrected chi connectivity index (χ0v) is 11.9. The Bertz CT molecular complexity index is 597. The fourth-order valence-electron chi connectivity index (χ4n) is 1.67. The van der Waals surface area contributed by atoms with Crippen molar-refractivity contribution in [3.05, 3.63) is 52.5 Å². The number of hydrogen-bond acceptors (Lipinski definition) is 4. The van der Waals surface area contributed by atoms with Gasteiger partial charge in [-0.1, -0.05) is 22.0 Å². The van der Waals surface area contributed by atoms with Crippen molar-refractivity contribution in [3.8, 4) is 0 Å². The Balaban J connectivity index is 2.38. The number of rotatable bonds is 3. The van der Waals surface area contributed by atoms with Gasteiger partial charge < -0.3 is 15.8 Å². The minimum atomic E-state index is -0.424. The molecule has 2 aromatic rings. The number of nitrogen functional groups attached to an aromatic ring is 1. The number of hydrogen-bond donors (Lipinski definition) is 2. The summed E-state index contributed by atoms with van der Waals surface area (Å²) in [5, 5.41) is 3.14. The Morgan fingerprint density at radius 3 is 2.53 bits per heavy atom. The van der Waals surface area contributed by atoms with Crippen LogP contribution in [-0.4, -0.2) is 13.1 Å². The fourth-order valence-corrected chi connectivity index (χ4v) is 1.93. The molecule has 4 nitrogen and oxygen atoms in total. The third-order valence-corrected chi connectivity index (χ3v) is 3.14. The lowest BCUT2D eigenvalue weighted by atomic mass is 10.1. The Labute approximate surface area is 119 Å². The van der Waals surface area contributed by atoms with Gasteiger partial charge in [-0.15, -0.1) is 0 Å². The van der Waals surface area contributed by atoms with Crippen molar-refractivity contribution in [1.82, 2.24) is 0 Å². The molecule has 0 aliphatic rings. The summed E-state index contributed by atoms with van der Waals surface area (Å²) < 4.78 is 5.73. The molecule has 0 saturated carbocycles. The van der Waals surface area contributed by atoms with Gasteiger partial charge in [0, 0.05) is 10.2 Å². The van der Waals surface area contributed by atoms with Crippen molar-refractivity contribution in [2.45, 2.75) is 0 Å². The van der Waals surface area contributed by atoms with Gasteiger partial charge in [-0.25, -0.2) is 4.79 Å². The van der Waals surface area contributed by atoms with Gasteiger partial charge in [-0.2, -0.15) is 0 Å². The number of carbonyl (C=O) groups excluding carboxylic acids is 1. The van der Waals surface area contributed by atoms with Gasteiger partial charge in [0.2, 0.25) is 0 Å². The lowest BCUT2D eigenvalue weighted by Gasteiger charge is -2.13. The molecule has 2 aromatic carbocycles. The molecule has 5 heteroatoms. The molecular formula is C14H13BrN2O2. The van der Waals surface area contributed by atoms with Crippen LogP contribution in [-0.2, 0) is 4.74 Å². The topological polar surface area (TPSA) is 64.3 Å². The molecule has 0 aliphatic carbocycles. The number of para-hydroxylation sites is 1. The van der Waals surface area contributed by atoms with E-state index in [1.54, 1.807) is 18.2 Å². The summed E-state index contributed by atoms with van der Waals surface area (Å²) >= 11 is 3.37. The molecule has 0 saturated heterocycles. The first-order valence-corrected chi connectivity index (χ1v) is 6.40. The maximum absolute atomic E-state index is 11.7. The van der Waals surface area contributed by atoms with E-state index in [0.29, 0.717) is 16.9 Å². The van der Waals surface area contributed by atoms with E-state index in [1.165, 1.54) is 7.11 Å². The predicted molar refractivity (Wildman–Crippen MR) is 79.6 cm³/mol. The van der Waals surface area contributed by atoms with Gasteiger partial charge in [0.05, 0.1) is 24.0 Å². The molecule has 0 atom stereocenters. The molecule has 0 heterocycles. The van der Waals surface area contributed by atoms with Crippen molar-refractivity contribution in [3.63, 3.8) is 0 Å². The number of nitrogens with one attached hydrogen (secondary N) is 1. The number of halogens is 1. The Hall–Kier alpha value is -2.01. The SMILES string of the molecule is COC(=O)c1cccc(N)c1Nc1ccc(Br)cc1. The number of anilines is 3. The summed E-state index contributed by atoms with van der Waals surface area (Å²) in [4.78, 5) is 11.7. The largest absolute Gasteiger partial charge is 0.465 e. The van der Waals surface area contributed by atoms with Gasteiger partial charge in [-0.3, -0.25) is 0 Å². The summed E-state index contributed by atoms with van der Waals surface area (Å²) in [5.74, 6) is -0.424. The fraction of sp³-hybridized carbons (Fsp3) is 0.0714. The molecule has 0 amide bonds. The van der Waals surface area contributed by atoms with E-state index < -0.39 is 5.97 Å². The molecule has 0 bridgehead atoms. The number of methoxy groups -OCH3 is 1. The van der Waals surface area contributed by atoms with Crippen LogP contribution in [0.2, 0.25) is 0 Å². The molecule has 98 valence electrons. The van der Waals surface area contributed by atoms with Crippen molar-refractivity contribution >= 4 is 39.0 Å². The third kappa shape index (κ3) is 3.06. The minimum absolute atomic E-state index is 0.408. The van der Waals surface area contributed by atoms with Gasteiger partial charge in [0.25, 0.3) is 0 Å². The van der Waals surface area contributed by atoms with Crippen molar-refractivity contribution in [1.29, 1.82) is 0 Å². The van der Waals surface area contributed by atoms with E-state index in [0.717, 1.165) is 10.2 Å². The van der Waals surface area contributed by atoms with E-state index in [2.05, 4.69) is 21.2 Å². The highest BCUT2D eigenvalue weighted by Gasteiger charge is 2.14. The van der Waals surface area contributed by atoms with E-state index in [4.69, 9.17) is 10.5 Å². The van der Waals surface area contributed by atoms with Crippen LogP contribution in [0.15, 0.2) is 46.9 Å². The minimum Gasteiger partial charge on any atom is -0.465 e. The average molecular weight is 321 g/mol. The maximum atomic E-state index is 11.7. The van der Waals surface area contributed by atoms with E-state index in [9.17, 15) is 4.79 Å². The highest BCUT2D eigenvalue weighted by atomic mass is 79.9. The van der Waals surface area contributed by atoms with Crippen molar-refractivity contribution < 1.29 is 9.53 Å². The van der Waals surface area contributed by atoms with E-state index >= 15 is 0 Å². The second kappa shape index (κ2) is 5.75. The second-order valence-corrected chi connectivity index (χ2v) is 4.81. The van der Waals surface area contributed by atoms with Crippen LogP contribution >= 0.6 is 15.9 Å². The lowest BCUT2D eigenvalue weighted by molar-refractivity contribution is 0.0602. The highest BCUT2D eigenvalue weighted by molar-refractivity contribution is 9.10. The van der Waals surface area contributed by atoms with Crippen molar-refractivity contribution in [2.24, 2.45) is 0 Å².